The highest BCUT2D eigenvalue weighted by molar-refractivity contribution is 7.99. The van der Waals surface area contributed by atoms with Crippen molar-refractivity contribution in [3.8, 4) is 0 Å². The highest BCUT2D eigenvalue weighted by Crippen LogP contribution is 2.29. The number of fused-ring (bicyclic) bond motifs is 1. The molecule has 0 spiro atoms. The van der Waals surface area contributed by atoms with Gasteiger partial charge in [-0.3, -0.25) is 9.59 Å². The van der Waals surface area contributed by atoms with Crippen molar-refractivity contribution in [3.63, 3.8) is 0 Å². The van der Waals surface area contributed by atoms with E-state index in [9.17, 15) is 9.59 Å². The van der Waals surface area contributed by atoms with Crippen LogP contribution in [-0.4, -0.2) is 6.29 Å². The molecule has 3 rings (SSSR count). The molecule has 1 aromatic heterocycles. The first-order valence-corrected chi connectivity index (χ1v) is 6.83. The van der Waals surface area contributed by atoms with Gasteiger partial charge in [-0.15, -0.1) is 0 Å². The summed E-state index contributed by atoms with van der Waals surface area (Å²) in [6, 6.07) is 15.3. The second kappa shape index (κ2) is 5.35. The molecule has 2 aromatic carbocycles. The number of carbonyl (C=O) groups is 1. The third-order valence-corrected chi connectivity index (χ3v) is 3.88. The molecule has 0 aliphatic carbocycles. The lowest BCUT2D eigenvalue weighted by Crippen LogP contribution is -2.07. The van der Waals surface area contributed by atoms with Crippen LogP contribution in [0.2, 0.25) is 0 Å². The summed E-state index contributed by atoms with van der Waals surface area (Å²) in [5.74, 6) is 0. The molecule has 0 atom stereocenters. The van der Waals surface area contributed by atoms with E-state index in [4.69, 9.17) is 4.42 Å². The van der Waals surface area contributed by atoms with Gasteiger partial charge < -0.3 is 4.42 Å². The van der Waals surface area contributed by atoms with Gasteiger partial charge in [0.15, 0.2) is 6.29 Å². The van der Waals surface area contributed by atoms with Gasteiger partial charge in [-0.1, -0.05) is 30.0 Å². The average molecular weight is 282 g/mol. The molecule has 3 aromatic rings. The van der Waals surface area contributed by atoms with E-state index in [0.717, 1.165) is 9.79 Å². The Labute approximate surface area is 119 Å². The predicted octanol–water partition coefficient (Wildman–Crippen LogP) is 3.76. The molecular formula is C16H10O3S. The van der Waals surface area contributed by atoms with E-state index in [1.807, 2.05) is 42.5 Å². The molecule has 0 saturated heterocycles. The summed E-state index contributed by atoms with van der Waals surface area (Å²) in [7, 11) is 0. The monoisotopic (exact) mass is 282 g/mol. The van der Waals surface area contributed by atoms with E-state index in [-0.39, 0.29) is 11.0 Å². The minimum Gasteiger partial charge on any atom is -0.463 e. The molecule has 3 nitrogen and oxygen atoms in total. The lowest BCUT2D eigenvalue weighted by atomic mass is 10.2. The van der Waals surface area contributed by atoms with Crippen molar-refractivity contribution in [2.45, 2.75) is 9.79 Å². The Balaban J connectivity index is 2.04. The smallest absolute Gasteiger partial charge is 0.203 e. The standard InChI is InChI=1S/C16H10O3S/c17-9-11-10-19-15-8-13(6-7-14(15)16(11)18)20-12-4-2-1-3-5-12/h1-10H. The maximum atomic E-state index is 11.9. The van der Waals surface area contributed by atoms with Gasteiger partial charge in [-0.2, -0.15) is 0 Å². The molecule has 4 heteroatoms. The van der Waals surface area contributed by atoms with Crippen molar-refractivity contribution in [1.82, 2.24) is 0 Å². The third kappa shape index (κ3) is 2.38. The Morgan fingerprint density at radius 1 is 1.00 bits per heavy atom. The first kappa shape index (κ1) is 12.7. The topological polar surface area (TPSA) is 47.3 Å². The number of hydrogen-bond donors (Lipinski definition) is 0. The summed E-state index contributed by atoms with van der Waals surface area (Å²) in [6.07, 6.45) is 1.71. The van der Waals surface area contributed by atoms with E-state index >= 15 is 0 Å². The molecule has 0 unspecified atom stereocenters. The van der Waals surface area contributed by atoms with E-state index in [0.29, 0.717) is 17.3 Å². The number of aldehydes is 1. The van der Waals surface area contributed by atoms with Gasteiger partial charge in [0.05, 0.1) is 10.9 Å². The molecule has 0 aliphatic rings. The molecule has 0 fully saturated rings. The summed E-state index contributed by atoms with van der Waals surface area (Å²) in [5.41, 5.74) is 0.236. The quantitative estimate of drug-likeness (QED) is 0.686. The lowest BCUT2D eigenvalue weighted by molar-refractivity contribution is 0.112. The number of carbonyl (C=O) groups excluding carboxylic acids is 1. The summed E-state index contributed by atoms with van der Waals surface area (Å²) in [6.45, 7) is 0. The second-order valence-corrected chi connectivity index (χ2v) is 5.36. The van der Waals surface area contributed by atoms with E-state index in [2.05, 4.69) is 0 Å². The number of benzene rings is 2. The van der Waals surface area contributed by atoms with Crippen LogP contribution in [0.1, 0.15) is 10.4 Å². The molecule has 0 saturated carbocycles. The Hall–Kier alpha value is -2.33. The fourth-order valence-electron chi connectivity index (χ4n) is 1.89. The van der Waals surface area contributed by atoms with Crippen LogP contribution in [-0.2, 0) is 0 Å². The highest BCUT2D eigenvalue weighted by Gasteiger charge is 2.07. The zero-order chi connectivity index (χ0) is 13.9. The van der Waals surface area contributed by atoms with Gasteiger partial charge >= 0.3 is 0 Å². The zero-order valence-corrected chi connectivity index (χ0v) is 11.2. The fraction of sp³-hybridized carbons (Fsp3) is 0. The molecule has 0 amide bonds. The van der Waals surface area contributed by atoms with E-state index in [1.54, 1.807) is 17.8 Å². The molecule has 20 heavy (non-hydrogen) atoms. The van der Waals surface area contributed by atoms with Crippen LogP contribution in [0.15, 0.2) is 73.8 Å². The van der Waals surface area contributed by atoms with Gasteiger partial charge in [-0.05, 0) is 30.3 Å². The van der Waals surface area contributed by atoms with Crippen molar-refractivity contribution in [3.05, 3.63) is 70.6 Å². The van der Waals surface area contributed by atoms with Crippen LogP contribution in [0, 0.1) is 0 Å². The summed E-state index contributed by atoms with van der Waals surface area (Å²) < 4.78 is 5.35. The first-order chi connectivity index (χ1) is 9.78. The van der Waals surface area contributed by atoms with E-state index in [1.165, 1.54) is 6.26 Å². The van der Waals surface area contributed by atoms with Gasteiger partial charge in [0.25, 0.3) is 0 Å². The number of hydrogen-bond acceptors (Lipinski definition) is 4. The van der Waals surface area contributed by atoms with Crippen LogP contribution in [0.4, 0.5) is 0 Å². The molecule has 0 radical (unpaired) electrons. The highest BCUT2D eigenvalue weighted by atomic mass is 32.2. The third-order valence-electron chi connectivity index (χ3n) is 2.88. The predicted molar refractivity (Wildman–Crippen MR) is 78.4 cm³/mol. The van der Waals surface area contributed by atoms with Crippen molar-refractivity contribution in [2.24, 2.45) is 0 Å². The Bertz CT molecular complexity index is 822. The first-order valence-electron chi connectivity index (χ1n) is 6.01. The molecule has 98 valence electrons. The van der Waals surface area contributed by atoms with E-state index < -0.39 is 0 Å². The zero-order valence-electron chi connectivity index (χ0n) is 10.4. The summed E-state index contributed by atoms with van der Waals surface area (Å²) in [4.78, 5) is 24.7. The average Bonchev–Trinajstić information content (AvgIpc) is 2.49. The van der Waals surface area contributed by atoms with Crippen LogP contribution in [0.3, 0.4) is 0 Å². The molecule has 1 heterocycles. The van der Waals surface area contributed by atoms with Gasteiger partial charge in [0.1, 0.15) is 11.8 Å². The molecule has 0 N–H and O–H groups in total. The summed E-state index contributed by atoms with van der Waals surface area (Å²) in [5, 5.41) is 0.423. The van der Waals surface area contributed by atoms with Crippen molar-refractivity contribution >= 4 is 29.0 Å². The maximum absolute atomic E-state index is 11.9. The SMILES string of the molecule is O=Cc1coc2cc(Sc3ccccc3)ccc2c1=O. The van der Waals surface area contributed by atoms with Gasteiger partial charge in [0, 0.05) is 9.79 Å². The maximum Gasteiger partial charge on any atom is 0.203 e. The van der Waals surface area contributed by atoms with Gasteiger partial charge in [0.2, 0.25) is 5.43 Å². The second-order valence-electron chi connectivity index (χ2n) is 4.21. The van der Waals surface area contributed by atoms with Crippen molar-refractivity contribution < 1.29 is 9.21 Å². The normalized spacial score (nSPS) is 10.6. The van der Waals surface area contributed by atoms with Crippen molar-refractivity contribution in [1.29, 1.82) is 0 Å². The summed E-state index contributed by atoms with van der Waals surface area (Å²) >= 11 is 1.59. The van der Waals surface area contributed by atoms with Crippen LogP contribution >= 0.6 is 11.8 Å². The van der Waals surface area contributed by atoms with Crippen LogP contribution in [0.5, 0.6) is 0 Å². The fourth-order valence-corrected chi connectivity index (χ4v) is 2.76. The molecule has 0 aliphatic heterocycles. The lowest BCUT2D eigenvalue weighted by Gasteiger charge is -2.03. The molecule has 0 bridgehead atoms. The minimum absolute atomic E-state index is 0.0426. The Kier molecular flexibility index (Phi) is 3.39. The van der Waals surface area contributed by atoms with Crippen LogP contribution < -0.4 is 5.43 Å². The minimum atomic E-state index is -0.294. The Morgan fingerprint density at radius 3 is 2.55 bits per heavy atom. The van der Waals surface area contributed by atoms with Crippen LogP contribution in [0.25, 0.3) is 11.0 Å². The Morgan fingerprint density at radius 2 is 1.80 bits per heavy atom. The largest absolute Gasteiger partial charge is 0.463 e. The number of rotatable bonds is 3. The molecular weight excluding hydrogens is 272 g/mol. The van der Waals surface area contributed by atoms with Crippen molar-refractivity contribution in [2.75, 3.05) is 0 Å². The van der Waals surface area contributed by atoms with Gasteiger partial charge in [-0.25, -0.2) is 0 Å².